The van der Waals surface area contributed by atoms with Crippen LogP contribution >= 0.6 is 7.14 Å². The Morgan fingerprint density at radius 3 is 2.20 bits per heavy atom. The number of urea groups is 1. The van der Waals surface area contributed by atoms with Gasteiger partial charge in [0.05, 0.1) is 17.3 Å². The van der Waals surface area contributed by atoms with Crippen molar-refractivity contribution in [1.29, 1.82) is 0 Å². The summed E-state index contributed by atoms with van der Waals surface area (Å²) in [5.74, 6) is -3.00. The number of hydrogen-bond acceptors (Lipinski definition) is 4. The topological polar surface area (TPSA) is 78.5 Å². The molecular formula is C28H28F6N3O3P. The molecule has 6 nitrogen and oxygen atoms in total. The number of hydrogen-bond donors (Lipinski definition) is 2. The van der Waals surface area contributed by atoms with Crippen LogP contribution in [-0.2, 0) is 15.5 Å². The van der Waals surface area contributed by atoms with Gasteiger partial charge in [-0.1, -0.05) is 24.3 Å². The first-order chi connectivity index (χ1) is 19.1. The average molecular weight is 600 g/mol. The van der Waals surface area contributed by atoms with Gasteiger partial charge in [-0.15, -0.1) is 0 Å². The smallest absolute Gasteiger partial charge is 0.370 e. The molecule has 1 unspecified atom stereocenters. The largest absolute Gasteiger partial charge is 0.416 e. The summed E-state index contributed by atoms with van der Waals surface area (Å²) >= 11 is 0. The Morgan fingerprint density at radius 2 is 1.63 bits per heavy atom. The molecule has 3 aromatic carbocycles. The molecule has 220 valence electrons. The SMILES string of the molecule is CN(CCCC(C=O)NC(=O)Nc1ccc(C(F)(F)F)cc1F)c1c(F)cc(-c2ccccc2P(C)(C)=O)cc1F. The summed E-state index contributed by atoms with van der Waals surface area (Å²) in [4.78, 5) is 24.9. The second-order valence-electron chi connectivity index (χ2n) is 9.75. The van der Waals surface area contributed by atoms with E-state index in [0.29, 0.717) is 23.2 Å². The van der Waals surface area contributed by atoms with Crippen LogP contribution in [0.15, 0.2) is 54.6 Å². The van der Waals surface area contributed by atoms with Crippen molar-refractivity contribution in [2.75, 3.05) is 37.1 Å². The van der Waals surface area contributed by atoms with E-state index in [1.54, 1.807) is 37.6 Å². The molecule has 2 N–H and O–H groups in total. The van der Waals surface area contributed by atoms with Gasteiger partial charge in [-0.2, -0.15) is 13.2 Å². The molecule has 0 fully saturated rings. The number of aldehydes is 1. The number of carbonyl (C=O) groups is 2. The average Bonchev–Trinajstić information content (AvgIpc) is 2.87. The Balaban J connectivity index is 1.62. The van der Waals surface area contributed by atoms with E-state index in [0.717, 1.165) is 18.2 Å². The van der Waals surface area contributed by atoms with Crippen molar-refractivity contribution in [2.24, 2.45) is 0 Å². The van der Waals surface area contributed by atoms with E-state index in [1.807, 2.05) is 5.32 Å². The van der Waals surface area contributed by atoms with E-state index in [2.05, 4.69) is 5.32 Å². The normalized spacial score (nSPS) is 12.5. The van der Waals surface area contributed by atoms with Gasteiger partial charge in [0.2, 0.25) is 0 Å². The number of amides is 2. The molecule has 0 aliphatic heterocycles. The Bertz CT molecular complexity index is 1450. The van der Waals surface area contributed by atoms with Crippen LogP contribution in [0.2, 0.25) is 0 Å². The highest BCUT2D eigenvalue weighted by Crippen LogP contribution is 2.40. The molecule has 0 spiro atoms. The predicted octanol–water partition coefficient (Wildman–Crippen LogP) is 6.64. The van der Waals surface area contributed by atoms with Crippen LogP contribution in [0, 0.1) is 17.5 Å². The van der Waals surface area contributed by atoms with Crippen LogP contribution in [0.1, 0.15) is 18.4 Å². The minimum absolute atomic E-state index is 0.0493. The number of nitrogens with one attached hydrogen (secondary N) is 2. The maximum atomic E-state index is 15.1. The van der Waals surface area contributed by atoms with E-state index in [1.165, 1.54) is 11.9 Å². The number of halogens is 6. The molecular weight excluding hydrogens is 571 g/mol. The van der Waals surface area contributed by atoms with Crippen LogP contribution in [0.25, 0.3) is 11.1 Å². The molecule has 0 aromatic heterocycles. The highest BCUT2D eigenvalue weighted by atomic mass is 31.2. The number of benzene rings is 3. The van der Waals surface area contributed by atoms with Crippen molar-refractivity contribution in [3.63, 3.8) is 0 Å². The third kappa shape index (κ3) is 8.13. The molecule has 0 aliphatic carbocycles. The molecule has 0 bridgehead atoms. The fourth-order valence-electron chi connectivity index (χ4n) is 4.23. The van der Waals surface area contributed by atoms with Gasteiger partial charge < -0.3 is 24.9 Å². The first-order valence-corrected chi connectivity index (χ1v) is 15.0. The molecule has 0 aliphatic rings. The van der Waals surface area contributed by atoms with Crippen molar-refractivity contribution in [3.05, 3.63) is 77.6 Å². The molecule has 3 rings (SSSR count). The first kappa shape index (κ1) is 31.7. The first-order valence-electron chi connectivity index (χ1n) is 12.4. The molecule has 41 heavy (non-hydrogen) atoms. The molecule has 0 saturated heterocycles. The van der Waals surface area contributed by atoms with Crippen LogP contribution < -0.4 is 20.8 Å². The van der Waals surface area contributed by atoms with E-state index in [9.17, 15) is 31.7 Å². The van der Waals surface area contributed by atoms with Gasteiger partial charge in [0.15, 0.2) is 0 Å². The lowest BCUT2D eigenvalue weighted by Gasteiger charge is -2.22. The van der Waals surface area contributed by atoms with Crippen molar-refractivity contribution in [2.45, 2.75) is 25.1 Å². The number of anilines is 2. The number of nitrogens with zero attached hydrogens (tertiary/aromatic N) is 1. The molecule has 0 saturated carbocycles. The Morgan fingerprint density at radius 1 is 1.00 bits per heavy atom. The maximum Gasteiger partial charge on any atom is 0.416 e. The number of carbonyl (C=O) groups excluding carboxylic acids is 2. The van der Waals surface area contributed by atoms with E-state index < -0.39 is 54.1 Å². The Hall–Kier alpha value is -3.79. The molecule has 0 radical (unpaired) electrons. The van der Waals surface area contributed by atoms with Crippen LogP contribution in [0.5, 0.6) is 0 Å². The zero-order valence-electron chi connectivity index (χ0n) is 22.4. The molecule has 3 aromatic rings. The van der Waals surface area contributed by atoms with Gasteiger partial charge in [-0.25, -0.2) is 18.0 Å². The molecule has 0 heterocycles. The van der Waals surface area contributed by atoms with E-state index in [4.69, 9.17) is 0 Å². The van der Waals surface area contributed by atoms with Gasteiger partial charge in [0.25, 0.3) is 0 Å². The lowest BCUT2D eigenvalue weighted by Crippen LogP contribution is -2.39. The van der Waals surface area contributed by atoms with E-state index >= 15 is 8.78 Å². The van der Waals surface area contributed by atoms with Gasteiger partial charge in [-0.3, -0.25) is 0 Å². The standard InChI is InChI=1S/C28H28F6N3O3P/c1-37(26-22(30)13-17(14-23(26)31)20-8-4-5-9-25(20)41(2,3)40)12-6-7-19(16-38)35-27(39)36-24-11-10-18(15-21(24)29)28(32,33)34/h4-5,8-11,13-16,19H,6-7,12H2,1-3H3,(H2,35,36,39). The van der Waals surface area contributed by atoms with Crippen LogP contribution in [0.4, 0.5) is 42.5 Å². The van der Waals surface area contributed by atoms with Crippen molar-refractivity contribution < 1.29 is 40.5 Å². The zero-order chi connectivity index (χ0) is 30.5. The molecule has 13 heteroatoms. The van der Waals surface area contributed by atoms with Gasteiger partial charge in [-0.05, 0) is 67.6 Å². The highest BCUT2D eigenvalue weighted by Gasteiger charge is 2.31. The second-order valence-corrected chi connectivity index (χ2v) is 12.9. The van der Waals surface area contributed by atoms with Gasteiger partial charge in [0, 0.05) is 18.9 Å². The summed E-state index contributed by atoms with van der Waals surface area (Å²) in [6.07, 6.45) is -4.09. The summed E-state index contributed by atoms with van der Waals surface area (Å²) in [6.45, 7) is 3.22. The third-order valence-corrected chi connectivity index (χ3v) is 7.78. The minimum Gasteiger partial charge on any atom is -0.370 e. The number of alkyl halides is 3. The van der Waals surface area contributed by atoms with Crippen molar-refractivity contribution in [1.82, 2.24) is 5.32 Å². The minimum atomic E-state index is -4.76. The van der Waals surface area contributed by atoms with E-state index in [-0.39, 0.29) is 36.7 Å². The van der Waals surface area contributed by atoms with Crippen LogP contribution in [0.3, 0.4) is 0 Å². The third-order valence-electron chi connectivity index (χ3n) is 6.23. The molecule has 2 amide bonds. The van der Waals surface area contributed by atoms with Gasteiger partial charge >= 0.3 is 12.2 Å². The summed E-state index contributed by atoms with van der Waals surface area (Å²) < 4.78 is 94.8. The Labute approximate surface area is 233 Å². The molecule has 1 atom stereocenters. The lowest BCUT2D eigenvalue weighted by molar-refractivity contribution is -0.137. The highest BCUT2D eigenvalue weighted by molar-refractivity contribution is 7.70. The van der Waals surface area contributed by atoms with Crippen LogP contribution in [-0.4, -0.2) is 45.3 Å². The zero-order valence-corrected chi connectivity index (χ0v) is 23.3. The number of rotatable bonds is 10. The van der Waals surface area contributed by atoms with Gasteiger partial charge in [0.1, 0.15) is 36.6 Å². The second kappa shape index (κ2) is 12.8. The quantitative estimate of drug-likeness (QED) is 0.156. The maximum absolute atomic E-state index is 15.1. The van der Waals surface area contributed by atoms with Crippen molar-refractivity contribution >= 4 is 36.1 Å². The lowest BCUT2D eigenvalue weighted by atomic mass is 10.0. The summed E-state index contributed by atoms with van der Waals surface area (Å²) in [5, 5.41) is 4.81. The summed E-state index contributed by atoms with van der Waals surface area (Å²) in [5.41, 5.74) is -1.36. The predicted molar refractivity (Wildman–Crippen MR) is 147 cm³/mol. The monoisotopic (exact) mass is 599 g/mol. The fourth-order valence-corrected chi connectivity index (χ4v) is 5.46. The summed E-state index contributed by atoms with van der Waals surface area (Å²) in [6, 6.07) is 8.49. The van der Waals surface area contributed by atoms with Crippen molar-refractivity contribution in [3.8, 4) is 11.1 Å². The fraction of sp³-hybridized carbons (Fsp3) is 0.286. The Kier molecular flexibility index (Phi) is 9.91. The summed E-state index contributed by atoms with van der Waals surface area (Å²) in [7, 11) is -1.28.